The third-order valence-electron chi connectivity index (χ3n) is 3.16. The van der Waals surface area contributed by atoms with Crippen LogP contribution >= 0.6 is 0 Å². The summed E-state index contributed by atoms with van der Waals surface area (Å²) in [6.07, 6.45) is 0.269. The van der Waals surface area contributed by atoms with Gasteiger partial charge in [0.15, 0.2) is 0 Å². The van der Waals surface area contributed by atoms with Crippen molar-refractivity contribution in [3.63, 3.8) is 0 Å². The molecule has 0 bridgehead atoms. The third-order valence-corrected chi connectivity index (χ3v) is 3.16. The van der Waals surface area contributed by atoms with Gasteiger partial charge in [0.2, 0.25) is 5.91 Å². The molecule has 0 heterocycles. The Labute approximate surface area is 124 Å². The summed E-state index contributed by atoms with van der Waals surface area (Å²) in [6.45, 7) is 1.98. The monoisotopic (exact) mass is 286 g/mol. The Morgan fingerprint density at radius 2 is 1.95 bits per heavy atom. The van der Waals surface area contributed by atoms with Crippen LogP contribution in [0, 0.1) is 12.7 Å². The Morgan fingerprint density at radius 1 is 1.19 bits per heavy atom. The molecular formula is C17H19FN2O. The number of anilines is 2. The first-order valence-corrected chi connectivity index (χ1v) is 6.78. The second-order valence-electron chi connectivity index (χ2n) is 5.27. The number of amides is 1. The minimum atomic E-state index is -0.369. The normalized spacial score (nSPS) is 10.3. The molecule has 0 radical (unpaired) electrons. The van der Waals surface area contributed by atoms with Crippen LogP contribution in [0.3, 0.4) is 0 Å². The van der Waals surface area contributed by atoms with E-state index in [4.69, 9.17) is 0 Å². The summed E-state index contributed by atoms with van der Waals surface area (Å²) in [5.74, 6) is -0.527. The van der Waals surface area contributed by atoms with Crippen molar-refractivity contribution < 1.29 is 9.18 Å². The summed E-state index contributed by atoms with van der Waals surface area (Å²) < 4.78 is 13.4. The molecule has 3 nitrogen and oxygen atoms in total. The van der Waals surface area contributed by atoms with E-state index in [0.717, 1.165) is 16.8 Å². The van der Waals surface area contributed by atoms with Gasteiger partial charge in [-0.25, -0.2) is 4.39 Å². The lowest BCUT2D eigenvalue weighted by molar-refractivity contribution is -0.115. The van der Waals surface area contributed by atoms with E-state index < -0.39 is 0 Å². The maximum Gasteiger partial charge on any atom is 0.228 e. The molecule has 0 spiro atoms. The number of halogens is 1. The van der Waals surface area contributed by atoms with E-state index in [2.05, 4.69) is 5.32 Å². The molecule has 0 unspecified atom stereocenters. The number of nitrogens with zero attached hydrogens (tertiary/aromatic N) is 1. The first kappa shape index (κ1) is 15.0. The Kier molecular flexibility index (Phi) is 4.58. The van der Waals surface area contributed by atoms with Crippen LogP contribution in [0.25, 0.3) is 0 Å². The van der Waals surface area contributed by atoms with Crippen molar-refractivity contribution in [1.82, 2.24) is 0 Å². The van der Waals surface area contributed by atoms with Crippen LogP contribution in [0.4, 0.5) is 15.8 Å². The number of aryl methyl sites for hydroxylation is 1. The number of hydrogen-bond acceptors (Lipinski definition) is 2. The molecule has 4 heteroatoms. The van der Waals surface area contributed by atoms with E-state index in [1.54, 1.807) is 6.07 Å². The summed E-state index contributed by atoms with van der Waals surface area (Å²) in [5.41, 5.74) is 3.31. The van der Waals surface area contributed by atoms with Crippen molar-refractivity contribution in [3.8, 4) is 0 Å². The zero-order valence-electron chi connectivity index (χ0n) is 12.5. The number of carbonyl (C=O) groups is 1. The van der Waals surface area contributed by atoms with Crippen molar-refractivity contribution in [3.05, 3.63) is 59.4 Å². The highest BCUT2D eigenvalue weighted by Gasteiger charge is 2.10. The van der Waals surface area contributed by atoms with Crippen LogP contribution in [0.5, 0.6) is 0 Å². The van der Waals surface area contributed by atoms with E-state index in [1.807, 2.05) is 50.2 Å². The highest BCUT2D eigenvalue weighted by Crippen LogP contribution is 2.25. The average molecular weight is 286 g/mol. The quantitative estimate of drug-likeness (QED) is 0.934. The van der Waals surface area contributed by atoms with Gasteiger partial charge < -0.3 is 10.2 Å². The van der Waals surface area contributed by atoms with Crippen LogP contribution in [0.1, 0.15) is 11.1 Å². The Hall–Kier alpha value is -2.36. The maximum atomic E-state index is 13.4. The molecule has 0 aliphatic heterocycles. The summed E-state index contributed by atoms with van der Waals surface area (Å²) in [7, 11) is 3.70. The molecule has 0 aliphatic rings. The van der Waals surface area contributed by atoms with E-state index >= 15 is 0 Å². The molecule has 2 aromatic carbocycles. The Bertz CT molecular complexity index is 653. The molecule has 21 heavy (non-hydrogen) atoms. The first-order valence-electron chi connectivity index (χ1n) is 6.78. The van der Waals surface area contributed by atoms with Crippen molar-refractivity contribution in [2.45, 2.75) is 13.3 Å². The predicted molar refractivity (Wildman–Crippen MR) is 84.2 cm³/mol. The number of rotatable bonds is 4. The van der Waals surface area contributed by atoms with Crippen molar-refractivity contribution in [2.75, 3.05) is 24.3 Å². The van der Waals surface area contributed by atoms with E-state index in [9.17, 15) is 9.18 Å². The van der Waals surface area contributed by atoms with Gasteiger partial charge in [-0.3, -0.25) is 4.79 Å². The topological polar surface area (TPSA) is 32.3 Å². The fraction of sp³-hybridized carbons (Fsp3) is 0.235. The summed E-state index contributed by atoms with van der Waals surface area (Å²) in [5, 5.41) is 2.78. The molecule has 1 N–H and O–H groups in total. The highest BCUT2D eigenvalue weighted by molar-refractivity contribution is 5.95. The Morgan fingerprint density at radius 3 is 2.62 bits per heavy atom. The molecule has 0 fully saturated rings. The number of benzene rings is 2. The molecular weight excluding hydrogens is 267 g/mol. The maximum absolute atomic E-state index is 13.4. The minimum Gasteiger partial charge on any atom is -0.376 e. The van der Waals surface area contributed by atoms with Gasteiger partial charge in [-0.05, 0) is 30.7 Å². The van der Waals surface area contributed by atoms with Crippen LogP contribution in [-0.4, -0.2) is 20.0 Å². The summed E-state index contributed by atoms with van der Waals surface area (Å²) in [6, 6.07) is 12.2. The minimum absolute atomic E-state index is 0.158. The van der Waals surface area contributed by atoms with Gasteiger partial charge in [-0.1, -0.05) is 29.8 Å². The zero-order chi connectivity index (χ0) is 15.4. The third kappa shape index (κ3) is 4.05. The lowest BCUT2D eigenvalue weighted by Crippen LogP contribution is -2.18. The number of carbonyl (C=O) groups excluding carboxylic acids is 1. The predicted octanol–water partition coefficient (Wildman–Crippen LogP) is 3.38. The SMILES string of the molecule is Cc1cccc(CC(=O)Nc2cc(F)ccc2N(C)C)c1. The molecule has 0 aromatic heterocycles. The van der Waals surface area contributed by atoms with Crippen molar-refractivity contribution in [2.24, 2.45) is 0 Å². The van der Waals surface area contributed by atoms with Gasteiger partial charge in [0.25, 0.3) is 0 Å². The summed E-state index contributed by atoms with van der Waals surface area (Å²) in [4.78, 5) is 14.0. The number of hydrogen-bond donors (Lipinski definition) is 1. The standard InChI is InChI=1S/C17H19FN2O/c1-12-5-4-6-13(9-12)10-17(21)19-15-11-14(18)7-8-16(15)20(2)3/h4-9,11H,10H2,1-3H3,(H,19,21). The van der Waals surface area contributed by atoms with E-state index in [0.29, 0.717) is 5.69 Å². The van der Waals surface area contributed by atoms with Gasteiger partial charge >= 0.3 is 0 Å². The average Bonchev–Trinajstić information content (AvgIpc) is 2.38. The fourth-order valence-corrected chi connectivity index (χ4v) is 2.20. The lowest BCUT2D eigenvalue weighted by atomic mass is 10.1. The fourth-order valence-electron chi connectivity index (χ4n) is 2.20. The molecule has 0 saturated carbocycles. The van der Waals surface area contributed by atoms with Crippen LogP contribution in [-0.2, 0) is 11.2 Å². The Balaban J connectivity index is 2.14. The first-order chi connectivity index (χ1) is 9.95. The molecule has 1 amide bonds. The van der Waals surface area contributed by atoms with Gasteiger partial charge in [0.1, 0.15) is 5.82 Å². The highest BCUT2D eigenvalue weighted by atomic mass is 19.1. The molecule has 0 saturated heterocycles. The van der Waals surface area contributed by atoms with Gasteiger partial charge in [-0.2, -0.15) is 0 Å². The zero-order valence-corrected chi connectivity index (χ0v) is 12.5. The largest absolute Gasteiger partial charge is 0.376 e. The number of nitrogens with one attached hydrogen (secondary N) is 1. The van der Waals surface area contributed by atoms with Crippen LogP contribution in [0.15, 0.2) is 42.5 Å². The van der Waals surface area contributed by atoms with Crippen molar-refractivity contribution in [1.29, 1.82) is 0 Å². The summed E-state index contributed by atoms with van der Waals surface area (Å²) >= 11 is 0. The second-order valence-corrected chi connectivity index (χ2v) is 5.27. The van der Waals surface area contributed by atoms with Gasteiger partial charge in [0, 0.05) is 14.1 Å². The van der Waals surface area contributed by atoms with E-state index in [1.165, 1.54) is 12.1 Å². The molecule has 110 valence electrons. The molecule has 2 aromatic rings. The lowest BCUT2D eigenvalue weighted by Gasteiger charge is -2.18. The van der Waals surface area contributed by atoms with Gasteiger partial charge in [0.05, 0.1) is 17.8 Å². The van der Waals surface area contributed by atoms with Gasteiger partial charge in [-0.15, -0.1) is 0 Å². The van der Waals surface area contributed by atoms with Crippen LogP contribution < -0.4 is 10.2 Å². The second kappa shape index (κ2) is 6.39. The van der Waals surface area contributed by atoms with E-state index in [-0.39, 0.29) is 18.1 Å². The molecule has 0 atom stereocenters. The molecule has 2 rings (SSSR count). The molecule has 0 aliphatic carbocycles. The smallest absolute Gasteiger partial charge is 0.228 e. The van der Waals surface area contributed by atoms with Crippen molar-refractivity contribution >= 4 is 17.3 Å². The van der Waals surface area contributed by atoms with Crippen LogP contribution in [0.2, 0.25) is 0 Å².